The lowest BCUT2D eigenvalue weighted by molar-refractivity contribution is -0.138. The Morgan fingerprint density at radius 3 is 2.76 bits per heavy atom. The van der Waals surface area contributed by atoms with E-state index in [4.69, 9.17) is 5.11 Å². The fourth-order valence-corrected chi connectivity index (χ4v) is 1.75. The topological polar surface area (TPSA) is 49.3 Å². The van der Waals surface area contributed by atoms with Crippen LogP contribution in [0.5, 0.6) is 0 Å². The molecule has 0 radical (unpaired) electrons. The maximum absolute atomic E-state index is 11.1. The molecule has 1 rings (SSSR count). The molecule has 0 saturated carbocycles. The molecule has 17 heavy (non-hydrogen) atoms. The number of carboxylic acids is 1. The summed E-state index contributed by atoms with van der Waals surface area (Å²) in [4.78, 5) is 11.1. The van der Waals surface area contributed by atoms with Crippen LogP contribution >= 0.6 is 0 Å². The monoisotopic (exact) mass is 235 g/mol. The Morgan fingerprint density at radius 2 is 2.18 bits per heavy atom. The van der Waals surface area contributed by atoms with Gasteiger partial charge in [-0.3, -0.25) is 0 Å². The summed E-state index contributed by atoms with van der Waals surface area (Å²) in [5, 5.41) is 12.2. The van der Waals surface area contributed by atoms with Crippen LogP contribution in [-0.4, -0.2) is 17.1 Å². The van der Waals surface area contributed by atoms with Crippen molar-refractivity contribution in [1.29, 1.82) is 0 Å². The van der Waals surface area contributed by atoms with Crippen molar-refractivity contribution in [3.05, 3.63) is 29.8 Å². The van der Waals surface area contributed by atoms with E-state index >= 15 is 0 Å². The molecule has 0 bridgehead atoms. The summed E-state index contributed by atoms with van der Waals surface area (Å²) in [5.41, 5.74) is 2.11. The molecule has 0 spiro atoms. The minimum atomic E-state index is -0.777. The van der Waals surface area contributed by atoms with Crippen molar-refractivity contribution in [3.8, 4) is 0 Å². The molecule has 0 aliphatic carbocycles. The van der Waals surface area contributed by atoms with Gasteiger partial charge in [0.1, 0.15) is 6.04 Å². The molecule has 1 unspecified atom stereocenters. The van der Waals surface area contributed by atoms with Gasteiger partial charge in [-0.25, -0.2) is 4.79 Å². The Bertz CT molecular complexity index is 363. The number of nitrogens with one attached hydrogen (secondary N) is 1. The average Bonchev–Trinajstić information content (AvgIpc) is 2.34. The smallest absolute Gasteiger partial charge is 0.326 e. The molecule has 1 aromatic rings. The number of carbonyl (C=O) groups is 1. The highest BCUT2D eigenvalue weighted by Crippen LogP contribution is 2.14. The van der Waals surface area contributed by atoms with E-state index < -0.39 is 12.0 Å². The van der Waals surface area contributed by atoms with Crippen LogP contribution in [0.4, 0.5) is 5.69 Å². The number of unbranched alkanes of at least 4 members (excludes halogenated alkanes) is 1. The second-order valence-corrected chi connectivity index (χ2v) is 4.23. The van der Waals surface area contributed by atoms with E-state index in [2.05, 4.69) is 19.2 Å². The van der Waals surface area contributed by atoms with Crippen LogP contribution in [0.15, 0.2) is 24.3 Å². The number of hydrogen-bond acceptors (Lipinski definition) is 2. The van der Waals surface area contributed by atoms with Crippen LogP contribution in [-0.2, 0) is 11.2 Å². The van der Waals surface area contributed by atoms with Gasteiger partial charge in [0, 0.05) is 5.69 Å². The zero-order valence-electron chi connectivity index (χ0n) is 10.6. The molecule has 0 saturated heterocycles. The number of rotatable bonds is 7. The summed E-state index contributed by atoms with van der Waals surface area (Å²) in [6.45, 7) is 4.15. The van der Waals surface area contributed by atoms with Gasteiger partial charge in [-0.2, -0.15) is 0 Å². The fourth-order valence-electron chi connectivity index (χ4n) is 1.75. The Kier molecular flexibility index (Phi) is 5.53. The lowest BCUT2D eigenvalue weighted by atomic mass is 10.1. The van der Waals surface area contributed by atoms with Crippen molar-refractivity contribution < 1.29 is 9.90 Å². The lowest BCUT2D eigenvalue weighted by Crippen LogP contribution is -2.29. The predicted molar refractivity (Wildman–Crippen MR) is 70.4 cm³/mol. The fraction of sp³-hybridized carbons (Fsp3) is 0.500. The third-order valence-corrected chi connectivity index (χ3v) is 2.82. The molecule has 0 fully saturated rings. The van der Waals surface area contributed by atoms with Gasteiger partial charge in [0.15, 0.2) is 0 Å². The van der Waals surface area contributed by atoms with Crippen molar-refractivity contribution in [1.82, 2.24) is 0 Å². The second kappa shape index (κ2) is 6.94. The molecule has 0 amide bonds. The minimum absolute atomic E-state index is 0.484. The lowest BCUT2D eigenvalue weighted by Gasteiger charge is -2.15. The molecular weight excluding hydrogens is 214 g/mol. The van der Waals surface area contributed by atoms with Crippen molar-refractivity contribution in [2.75, 3.05) is 5.32 Å². The number of aliphatic carboxylic acids is 1. The van der Waals surface area contributed by atoms with Crippen LogP contribution in [0.1, 0.15) is 38.7 Å². The molecule has 2 N–H and O–H groups in total. The number of benzene rings is 1. The van der Waals surface area contributed by atoms with E-state index in [0.717, 1.165) is 24.9 Å². The van der Waals surface area contributed by atoms with E-state index in [-0.39, 0.29) is 0 Å². The predicted octanol–water partition coefficient (Wildman–Crippen LogP) is 3.30. The summed E-state index contributed by atoms with van der Waals surface area (Å²) >= 11 is 0. The van der Waals surface area contributed by atoms with E-state index in [1.807, 2.05) is 24.3 Å². The molecular formula is C14H21NO2. The van der Waals surface area contributed by atoms with E-state index in [1.165, 1.54) is 5.56 Å². The summed E-state index contributed by atoms with van der Waals surface area (Å²) in [5.74, 6) is -0.777. The SMILES string of the molecule is CCCCC(Nc1cccc(CC)c1)C(=O)O. The normalized spacial score (nSPS) is 12.1. The zero-order valence-corrected chi connectivity index (χ0v) is 10.6. The number of aryl methyl sites for hydroxylation is 1. The number of hydrogen-bond donors (Lipinski definition) is 2. The molecule has 0 aliphatic rings. The van der Waals surface area contributed by atoms with E-state index in [1.54, 1.807) is 0 Å². The second-order valence-electron chi connectivity index (χ2n) is 4.23. The van der Waals surface area contributed by atoms with E-state index in [9.17, 15) is 4.79 Å². The third-order valence-electron chi connectivity index (χ3n) is 2.82. The molecule has 0 aliphatic heterocycles. The maximum atomic E-state index is 11.1. The molecule has 0 aromatic heterocycles. The standard InChI is InChI=1S/C14H21NO2/c1-3-5-9-13(14(16)17)15-12-8-6-7-11(4-2)10-12/h6-8,10,13,15H,3-5,9H2,1-2H3,(H,16,17). The first-order valence-corrected chi connectivity index (χ1v) is 6.25. The van der Waals surface area contributed by atoms with Crippen molar-refractivity contribution in [2.24, 2.45) is 0 Å². The highest BCUT2D eigenvalue weighted by atomic mass is 16.4. The van der Waals surface area contributed by atoms with Gasteiger partial charge < -0.3 is 10.4 Å². The number of anilines is 1. The highest BCUT2D eigenvalue weighted by Gasteiger charge is 2.16. The van der Waals surface area contributed by atoms with Gasteiger partial charge in [-0.1, -0.05) is 38.8 Å². The first-order chi connectivity index (χ1) is 8.17. The van der Waals surface area contributed by atoms with Gasteiger partial charge in [-0.15, -0.1) is 0 Å². The Hall–Kier alpha value is -1.51. The summed E-state index contributed by atoms with van der Waals surface area (Å²) in [6.07, 6.45) is 3.57. The molecule has 94 valence electrons. The van der Waals surface area contributed by atoms with Crippen molar-refractivity contribution in [3.63, 3.8) is 0 Å². The van der Waals surface area contributed by atoms with Crippen molar-refractivity contribution >= 4 is 11.7 Å². The van der Waals surface area contributed by atoms with Crippen LogP contribution in [0.3, 0.4) is 0 Å². The van der Waals surface area contributed by atoms with Crippen LogP contribution in [0, 0.1) is 0 Å². The zero-order chi connectivity index (χ0) is 12.7. The average molecular weight is 235 g/mol. The number of carboxylic acid groups (broad SMARTS) is 1. The van der Waals surface area contributed by atoms with Gasteiger partial charge >= 0.3 is 5.97 Å². The largest absolute Gasteiger partial charge is 0.480 e. The van der Waals surface area contributed by atoms with Crippen LogP contribution < -0.4 is 5.32 Å². The van der Waals surface area contributed by atoms with Crippen LogP contribution in [0.25, 0.3) is 0 Å². The minimum Gasteiger partial charge on any atom is -0.480 e. The Balaban J connectivity index is 2.67. The van der Waals surface area contributed by atoms with Gasteiger partial charge in [0.2, 0.25) is 0 Å². The Morgan fingerprint density at radius 1 is 1.41 bits per heavy atom. The van der Waals surface area contributed by atoms with Gasteiger partial charge in [0.25, 0.3) is 0 Å². The molecule has 1 atom stereocenters. The maximum Gasteiger partial charge on any atom is 0.326 e. The van der Waals surface area contributed by atoms with Gasteiger partial charge in [0.05, 0.1) is 0 Å². The van der Waals surface area contributed by atoms with E-state index in [0.29, 0.717) is 6.42 Å². The first-order valence-electron chi connectivity index (χ1n) is 6.25. The Labute approximate surface area is 103 Å². The van der Waals surface area contributed by atoms with Crippen molar-refractivity contribution in [2.45, 2.75) is 45.6 Å². The molecule has 1 aromatic carbocycles. The summed E-state index contributed by atoms with van der Waals surface area (Å²) in [7, 11) is 0. The summed E-state index contributed by atoms with van der Waals surface area (Å²) < 4.78 is 0. The third kappa shape index (κ3) is 4.47. The molecule has 0 heterocycles. The van der Waals surface area contributed by atoms with Gasteiger partial charge in [-0.05, 0) is 30.5 Å². The highest BCUT2D eigenvalue weighted by molar-refractivity contribution is 5.77. The summed E-state index contributed by atoms with van der Waals surface area (Å²) in [6, 6.07) is 7.46. The van der Waals surface area contributed by atoms with Crippen LogP contribution in [0.2, 0.25) is 0 Å². The molecule has 3 nitrogen and oxygen atoms in total. The first kappa shape index (κ1) is 13.6. The molecule has 3 heteroatoms. The quantitative estimate of drug-likeness (QED) is 0.762.